The molecule has 1 fully saturated rings. The second kappa shape index (κ2) is 5.65. The number of aliphatic carboxylic acids is 1. The van der Waals surface area contributed by atoms with Gasteiger partial charge in [0.1, 0.15) is 5.82 Å². The topological polar surface area (TPSA) is 66.0 Å². The number of nitrogens with one attached hydrogen (secondary N) is 1. The van der Waals surface area contributed by atoms with Crippen molar-refractivity contribution in [2.24, 2.45) is 0 Å². The molecule has 0 bridgehead atoms. The standard InChI is InChI=1S/C16H20N2O2/c19-15(20)7-3-4-11-8-9-13-14(10-11)18-16(17-13)12-5-1-2-6-12/h8-10,12H,1-7H2,(H,17,18)(H,19,20). The Bertz CT molecular complexity index is 612. The predicted molar refractivity (Wildman–Crippen MR) is 77.9 cm³/mol. The second-order valence-electron chi connectivity index (χ2n) is 5.70. The van der Waals surface area contributed by atoms with E-state index in [-0.39, 0.29) is 6.42 Å². The average molecular weight is 272 g/mol. The molecule has 0 saturated heterocycles. The van der Waals surface area contributed by atoms with Crippen LogP contribution >= 0.6 is 0 Å². The summed E-state index contributed by atoms with van der Waals surface area (Å²) in [5.41, 5.74) is 3.29. The zero-order valence-corrected chi connectivity index (χ0v) is 11.6. The summed E-state index contributed by atoms with van der Waals surface area (Å²) in [7, 11) is 0. The third-order valence-corrected chi connectivity index (χ3v) is 4.16. The van der Waals surface area contributed by atoms with Crippen molar-refractivity contribution < 1.29 is 9.90 Å². The van der Waals surface area contributed by atoms with Crippen LogP contribution in [0.5, 0.6) is 0 Å². The van der Waals surface area contributed by atoms with Gasteiger partial charge in [0.25, 0.3) is 0 Å². The highest BCUT2D eigenvalue weighted by molar-refractivity contribution is 5.76. The molecule has 1 aromatic carbocycles. The number of rotatable bonds is 5. The largest absolute Gasteiger partial charge is 0.481 e. The van der Waals surface area contributed by atoms with Gasteiger partial charge in [-0.1, -0.05) is 18.9 Å². The van der Waals surface area contributed by atoms with Crippen LogP contribution in [-0.2, 0) is 11.2 Å². The van der Waals surface area contributed by atoms with Crippen molar-refractivity contribution >= 4 is 17.0 Å². The van der Waals surface area contributed by atoms with Crippen LogP contribution in [0.15, 0.2) is 18.2 Å². The highest BCUT2D eigenvalue weighted by atomic mass is 16.4. The third kappa shape index (κ3) is 2.84. The summed E-state index contributed by atoms with van der Waals surface area (Å²) in [6.07, 6.45) is 6.82. The van der Waals surface area contributed by atoms with Crippen molar-refractivity contribution in [2.45, 2.75) is 50.9 Å². The highest BCUT2D eigenvalue weighted by Crippen LogP contribution is 2.33. The van der Waals surface area contributed by atoms with Gasteiger partial charge in [-0.2, -0.15) is 0 Å². The second-order valence-corrected chi connectivity index (χ2v) is 5.70. The van der Waals surface area contributed by atoms with Crippen LogP contribution in [0.2, 0.25) is 0 Å². The van der Waals surface area contributed by atoms with E-state index in [1.807, 2.05) is 6.07 Å². The Balaban J connectivity index is 1.74. The summed E-state index contributed by atoms with van der Waals surface area (Å²) in [6, 6.07) is 6.21. The lowest BCUT2D eigenvalue weighted by molar-refractivity contribution is -0.137. The van der Waals surface area contributed by atoms with Gasteiger partial charge in [-0.3, -0.25) is 4.79 Å². The molecule has 1 saturated carbocycles. The summed E-state index contributed by atoms with van der Waals surface area (Å²) >= 11 is 0. The smallest absolute Gasteiger partial charge is 0.303 e. The van der Waals surface area contributed by atoms with Crippen molar-refractivity contribution in [2.75, 3.05) is 0 Å². The van der Waals surface area contributed by atoms with Crippen molar-refractivity contribution in [3.8, 4) is 0 Å². The highest BCUT2D eigenvalue weighted by Gasteiger charge is 2.20. The molecular formula is C16H20N2O2. The van der Waals surface area contributed by atoms with Gasteiger partial charge in [0.05, 0.1) is 11.0 Å². The van der Waals surface area contributed by atoms with E-state index in [0.29, 0.717) is 12.3 Å². The summed E-state index contributed by atoms with van der Waals surface area (Å²) in [5.74, 6) is 0.995. The molecule has 0 radical (unpaired) electrons. The van der Waals surface area contributed by atoms with E-state index < -0.39 is 5.97 Å². The van der Waals surface area contributed by atoms with Crippen LogP contribution < -0.4 is 0 Å². The van der Waals surface area contributed by atoms with E-state index in [9.17, 15) is 4.79 Å². The fraction of sp³-hybridized carbons (Fsp3) is 0.500. The van der Waals surface area contributed by atoms with Gasteiger partial charge in [0, 0.05) is 12.3 Å². The van der Waals surface area contributed by atoms with E-state index in [2.05, 4.69) is 17.1 Å². The van der Waals surface area contributed by atoms with Crippen LogP contribution in [0.1, 0.15) is 55.8 Å². The summed E-state index contributed by atoms with van der Waals surface area (Å²) in [4.78, 5) is 18.7. The van der Waals surface area contributed by atoms with Crippen molar-refractivity contribution in [3.63, 3.8) is 0 Å². The van der Waals surface area contributed by atoms with Crippen LogP contribution in [0.25, 0.3) is 11.0 Å². The third-order valence-electron chi connectivity index (χ3n) is 4.16. The molecule has 2 N–H and O–H groups in total. The molecule has 1 aliphatic rings. The zero-order valence-electron chi connectivity index (χ0n) is 11.6. The SMILES string of the molecule is O=C(O)CCCc1ccc2nc(C3CCCC3)[nH]c2c1. The Morgan fingerprint density at radius 2 is 2.15 bits per heavy atom. The monoisotopic (exact) mass is 272 g/mol. The lowest BCUT2D eigenvalue weighted by Gasteiger charge is -2.02. The van der Waals surface area contributed by atoms with Gasteiger partial charge >= 0.3 is 5.97 Å². The first-order chi connectivity index (χ1) is 9.72. The number of aromatic nitrogens is 2. The number of hydrogen-bond donors (Lipinski definition) is 2. The van der Waals surface area contributed by atoms with Gasteiger partial charge in [-0.25, -0.2) is 4.98 Å². The molecule has 1 heterocycles. The predicted octanol–water partition coefficient (Wildman–Crippen LogP) is 3.63. The summed E-state index contributed by atoms with van der Waals surface area (Å²) in [5, 5.41) is 8.67. The first kappa shape index (κ1) is 13.2. The molecule has 0 spiro atoms. The number of H-pyrrole nitrogens is 1. The number of aromatic amines is 1. The number of hydrogen-bond acceptors (Lipinski definition) is 2. The zero-order chi connectivity index (χ0) is 13.9. The van der Waals surface area contributed by atoms with Crippen LogP contribution in [-0.4, -0.2) is 21.0 Å². The number of carboxylic acid groups (broad SMARTS) is 1. The molecule has 2 aromatic rings. The molecule has 106 valence electrons. The fourth-order valence-corrected chi connectivity index (χ4v) is 3.07. The Labute approximate surface area is 118 Å². The van der Waals surface area contributed by atoms with E-state index in [1.54, 1.807) is 0 Å². The minimum absolute atomic E-state index is 0.230. The number of aryl methyl sites for hydroxylation is 1. The van der Waals surface area contributed by atoms with E-state index in [0.717, 1.165) is 23.3 Å². The van der Waals surface area contributed by atoms with Crippen molar-refractivity contribution in [3.05, 3.63) is 29.6 Å². The number of benzene rings is 1. The quantitative estimate of drug-likeness (QED) is 0.873. The molecule has 4 heteroatoms. The average Bonchev–Trinajstić information content (AvgIpc) is 3.06. The van der Waals surface area contributed by atoms with Crippen LogP contribution in [0.4, 0.5) is 0 Å². The number of carbonyl (C=O) groups is 1. The van der Waals surface area contributed by atoms with Crippen molar-refractivity contribution in [1.82, 2.24) is 9.97 Å². The first-order valence-electron chi connectivity index (χ1n) is 7.43. The molecule has 0 atom stereocenters. The van der Waals surface area contributed by atoms with Gasteiger partial charge in [0.2, 0.25) is 0 Å². The first-order valence-corrected chi connectivity index (χ1v) is 7.43. The molecule has 3 rings (SSSR count). The molecular weight excluding hydrogens is 252 g/mol. The molecule has 4 nitrogen and oxygen atoms in total. The lowest BCUT2D eigenvalue weighted by atomic mass is 10.1. The molecule has 0 unspecified atom stereocenters. The van der Waals surface area contributed by atoms with Crippen LogP contribution in [0.3, 0.4) is 0 Å². The summed E-state index contributed by atoms with van der Waals surface area (Å²) < 4.78 is 0. The minimum atomic E-state index is -0.726. The normalized spacial score (nSPS) is 16.0. The van der Waals surface area contributed by atoms with Gasteiger partial charge in [-0.15, -0.1) is 0 Å². The Hall–Kier alpha value is -1.84. The van der Waals surface area contributed by atoms with Crippen LogP contribution in [0, 0.1) is 0 Å². The van der Waals surface area contributed by atoms with Gasteiger partial charge in [0.15, 0.2) is 0 Å². The Morgan fingerprint density at radius 3 is 2.90 bits per heavy atom. The maximum atomic E-state index is 10.5. The maximum absolute atomic E-state index is 10.5. The maximum Gasteiger partial charge on any atom is 0.303 e. The lowest BCUT2D eigenvalue weighted by Crippen LogP contribution is -1.95. The molecule has 0 aliphatic heterocycles. The number of carboxylic acids is 1. The van der Waals surface area contributed by atoms with E-state index in [1.165, 1.54) is 31.2 Å². The Kier molecular flexibility index (Phi) is 3.72. The molecule has 20 heavy (non-hydrogen) atoms. The molecule has 1 aliphatic carbocycles. The van der Waals surface area contributed by atoms with Gasteiger partial charge in [-0.05, 0) is 43.4 Å². The number of imidazole rings is 1. The van der Waals surface area contributed by atoms with Crippen molar-refractivity contribution in [1.29, 1.82) is 0 Å². The summed E-state index contributed by atoms with van der Waals surface area (Å²) in [6.45, 7) is 0. The number of fused-ring (bicyclic) bond motifs is 1. The Morgan fingerprint density at radius 1 is 1.35 bits per heavy atom. The van der Waals surface area contributed by atoms with E-state index >= 15 is 0 Å². The molecule has 1 aromatic heterocycles. The number of nitrogens with zero attached hydrogens (tertiary/aromatic N) is 1. The fourth-order valence-electron chi connectivity index (χ4n) is 3.07. The molecule has 0 amide bonds. The van der Waals surface area contributed by atoms with E-state index in [4.69, 9.17) is 10.1 Å². The van der Waals surface area contributed by atoms with Gasteiger partial charge < -0.3 is 10.1 Å². The minimum Gasteiger partial charge on any atom is -0.481 e.